The fraction of sp³-hybridized carbons (Fsp3) is 0.455. The van der Waals surface area contributed by atoms with Crippen LogP contribution in [0.2, 0.25) is 0 Å². The van der Waals surface area contributed by atoms with Crippen molar-refractivity contribution in [3.05, 3.63) is 48.0 Å². The largest absolute Gasteiger partial charge is 0.506 e. The Bertz CT molecular complexity index is 807. The summed E-state index contributed by atoms with van der Waals surface area (Å²) in [5.74, 6) is 0.922. The molecule has 1 N–H and O–H groups in total. The number of rotatable bonds is 9. The fourth-order valence-electron chi connectivity index (χ4n) is 3.48. The number of hydrogen-bond acceptors (Lipinski definition) is 3. The van der Waals surface area contributed by atoms with Gasteiger partial charge in [-0.15, -0.1) is 15.0 Å². The number of aromatic nitrogens is 3. The molecule has 0 fully saturated rings. The maximum Gasteiger partial charge on any atom is 0.143 e. The molecule has 3 aromatic rings. The van der Waals surface area contributed by atoms with E-state index in [2.05, 4.69) is 30.1 Å². The smallest absolute Gasteiger partial charge is 0.143 e. The number of hydrogen-bond donors (Lipinski definition) is 1. The Kier molecular flexibility index (Phi) is 6.26. The Morgan fingerprint density at radius 1 is 0.962 bits per heavy atom. The van der Waals surface area contributed by atoms with E-state index in [0.29, 0.717) is 11.6 Å². The van der Waals surface area contributed by atoms with Crippen molar-refractivity contribution >= 4 is 11.0 Å². The van der Waals surface area contributed by atoms with Crippen LogP contribution in [0.15, 0.2) is 42.5 Å². The quantitative estimate of drug-likeness (QED) is 0.506. The Morgan fingerprint density at radius 3 is 2.31 bits per heavy atom. The van der Waals surface area contributed by atoms with Crippen LogP contribution >= 0.6 is 0 Å². The lowest BCUT2D eigenvalue weighted by Crippen LogP contribution is -2.05. The number of nitrogens with zero attached hydrogens (tertiary/aromatic N) is 3. The van der Waals surface area contributed by atoms with Gasteiger partial charge >= 0.3 is 0 Å². The van der Waals surface area contributed by atoms with Crippen molar-refractivity contribution in [1.82, 2.24) is 15.0 Å². The van der Waals surface area contributed by atoms with Gasteiger partial charge in [0.25, 0.3) is 0 Å². The molecule has 1 heterocycles. The summed E-state index contributed by atoms with van der Waals surface area (Å²) < 4.78 is 0. The van der Waals surface area contributed by atoms with Crippen LogP contribution in [0.1, 0.15) is 57.9 Å². The van der Waals surface area contributed by atoms with Gasteiger partial charge in [0.1, 0.15) is 22.5 Å². The van der Waals surface area contributed by atoms with E-state index in [1.54, 1.807) is 0 Å². The van der Waals surface area contributed by atoms with Crippen LogP contribution in [0.5, 0.6) is 5.75 Å². The van der Waals surface area contributed by atoms with Gasteiger partial charge in [0.05, 0.1) is 0 Å². The molecule has 2 aromatic carbocycles. The highest BCUT2D eigenvalue weighted by Gasteiger charge is 2.12. The van der Waals surface area contributed by atoms with Crippen LogP contribution in [0.4, 0.5) is 0 Å². The molecule has 3 rings (SSSR count). The maximum absolute atomic E-state index is 10.5. The molecular formula is C22H29N3O. The molecule has 1 aromatic heterocycles. The normalized spacial score (nSPS) is 12.5. The monoisotopic (exact) mass is 351 g/mol. The Hall–Kier alpha value is -2.36. The van der Waals surface area contributed by atoms with Crippen LogP contribution in [0, 0.1) is 5.92 Å². The molecule has 0 amide bonds. The standard InChI is InChI=1S/C22H29N3O/c1-3-5-6-7-10-17(4-2)15-18-13-14-21(22(26)16-18)25-23-19-11-8-9-12-20(19)24-25/h8-9,11-14,16-17,26H,3-7,10,15H2,1-2H3. The summed E-state index contributed by atoms with van der Waals surface area (Å²) in [6, 6.07) is 13.6. The highest BCUT2D eigenvalue weighted by Crippen LogP contribution is 2.26. The maximum atomic E-state index is 10.5. The zero-order valence-corrected chi connectivity index (χ0v) is 15.9. The molecule has 1 unspecified atom stereocenters. The third-order valence-electron chi connectivity index (χ3n) is 5.11. The molecule has 0 bridgehead atoms. The molecule has 1 atom stereocenters. The average molecular weight is 351 g/mol. The second kappa shape index (κ2) is 8.84. The van der Waals surface area contributed by atoms with Crippen LogP contribution in [-0.4, -0.2) is 20.1 Å². The lowest BCUT2D eigenvalue weighted by atomic mass is 9.91. The van der Waals surface area contributed by atoms with E-state index in [1.165, 1.54) is 48.9 Å². The highest BCUT2D eigenvalue weighted by atomic mass is 16.3. The number of unbranched alkanes of at least 4 members (excludes halogenated alkanes) is 3. The van der Waals surface area contributed by atoms with E-state index in [0.717, 1.165) is 17.5 Å². The van der Waals surface area contributed by atoms with Crippen molar-refractivity contribution in [1.29, 1.82) is 0 Å². The number of phenolic OH excluding ortho intramolecular Hbond substituents is 1. The molecule has 4 heteroatoms. The molecule has 0 spiro atoms. The van der Waals surface area contributed by atoms with E-state index in [4.69, 9.17) is 0 Å². The lowest BCUT2D eigenvalue weighted by molar-refractivity contribution is 0.435. The molecule has 0 radical (unpaired) electrons. The third kappa shape index (κ3) is 4.43. The molecule has 4 nitrogen and oxygen atoms in total. The van der Waals surface area contributed by atoms with Crippen LogP contribution < -0.4 is 0 Å². The summed E-state index contributed by atoms with van der Waals surface area (Å²) in [5, 5.41) is 19.4. The van der Waals surface area contributed by atoms with Crippen molar-refractivity contribution in [3.63, 3.8) is 0 Å². The van der Waals surface area contributed by atoms with Gasteiger partial charge in [-0.25, -0.2) is 0 Å². The summed E-state index contributed by atoms with van der Waals surface area (Å²) in [6.07, 6.45) is 8.71. The highest BCUT2D eigenvalue weighted by molar-refractivity contribution is 5.73. The topological polar surface area (TPSA) is 50.9 Å². The molecular weight excluding hydrogens is 322 g/mol. The van der Waals surface area contributed by atoms with Crippen molar-refractivity contribution in [2.24, 2.45) is 5.92 Å². The Labute approximate surface area is 155 Å². The average Bonchev–Trinajstić information content (AvgIpc) is 3.08. The molecule has 0 aliphatic heterocycles. The van der Waals surface area contributed by atoms with Gasteiger partial charge in [-0.3, -0.25) is 0 Å². The van der Waals surface area contributed by atoms with Gasteiger partial charge in [0.2, 0.25) is 0 Å². The first-order valence-electron chi connectivity index (χ1n) is 9.85. The van der Waals surface area contributed by atoms with Crippen molar-refractivity contribution in [2.75, 3.05) is 0 Å². The van der Waals surface area contributed by atoms with Gasteiger partial charge in [-0.1, -0.05) is 70.6 Å². The van der Waals surface area contributed by atoms with Gasteiger partial charge < -0.3 is 5.11 Å². The van der Waals surface area contributed by atoms with Gasteiger partial charge in [-0.05, 0) is 42.2 Å². The minimum absolute atomic E-state index is 0.239. The van der Waals surface area contributed by atoms with Crippen LogP contribution in [0.3, 0.4) is 0 Å². The summed E-state index contributed by atoms with van der Waals surface area (Å²) >= 11 is 0. The number of benzene rings is 2. The summed E-state index contributed by atoms with van der Waals surface area (Å²) in [6.45, 7) is 4.51. The number of phenols is 1. The number of aromatic hydroxyl groups is 1. The van der Waals surface area contributed by atoms with Gasteiger partial charge in [-0.2, -0.15) is 0 Å². The first-order chi connectivity index (χ1) is 12.7. The zero-order valence-electron chi connectivity index (χ0n) is 15.9. The van der Waals surface area contributed by atoms with Gasteiger partial charge in [0.15, 0.2) is 0 Å². The lowest BCUT2D eigenvalue weighted by Gasteiger charge is -2.15. The van der Waals surface area contributed by atoms with Crippen LogP contribution in [0.25, 0.3) is 16.7 Å². The van der Waals surface area contributed by atoms with Crippen LogP contribution in [-0.2, 0) is 6.42 Å². The van der Waals surface area contributed by atoms with E-state index >= 15 is 0 Å². The minimum atomic E-state index is 0.239. The van der Waals surface area contributed by atoms with Crippen molar-refractivity contribution < 1.29 is 5.11 Å². The van der Waals surface area contributed by atoms with Crippen molar-refractivity contribution in [3.8, 4) is 11.4 Å². The second-order valence-corrected chi connectivity index (χ2v) is 7.13. The first-order valence-corrected chi connectivity index (χ1v) is 9.85. The van der Waals surface area contributed by atoms with E-state index in [9.17, 15) is 5.11 Å². The Balaban J connectivity index is 1.70. The second-order valence-electron chi connectivity index (χ2n) is 7.13. The fourth-order valence-corrected chi connectivity index (χ4v) is 3.48. The van der Waals surface area contributed by atoms with Crippen molar-refractivity contribution in [2.45, 2.75) is 58.8 Å². The van der Waals surface area contributed by atoms with Gasteiger partial charge in [0, 0.05) is 0 Å². The van der Waals surface area contributed by atoms with E-state index < -0.39 is 0 Å². The predicted molar refractivity (Wildman–Crippen MR) is 107 cm³/mol. The molecule has 0 saturated heterocycles. The third-order valence-corrected chi connectivity index (χ3v) is 5.11. The Morgan fingerprint density at radius 2 is 1.69 bits per heavy atom. The summed E-state index contributed by atoms with van der Waals surface area (Å²) in [5.41, 5.74) is 3.47. The SMILES string of the molecule is CCCCCCC(CC)Cc1ccc(-n2nc3ccccc3n2)c(O)c1. The first kappa shape index (κ1) is 18.4. The summed E-state index contributed by atoms with van der Waals surface area (Å²) in [4.78, 5) is 1.52. The number of fused-ring (bicyclic) bond motifs is 1. The molecule has 138 valence electrons. The van der Waals surface area contributed by atoms with E-state index in [-0.39, 0.29) is 5.75 Å². The molecule has 0 aliphatic carbocycles. The minimum Gasteiger partial charge on any atom is -0.506 e. The molecule has 0 saturated carbocycles. The predicted octanol–water partition coefficient (Wildman–Crippen LogP) is 5.67. The van der Waals surface area contributed by atoms with E-state index in [1.807, 2.05) is 36.4 Å². The zero-order chi connectivity index (χ0) is 18.4. The summed E-state index contributed by atoms with van der Waals surface area (Å²) in [7, 11) is 0. The molecule has 0 aliphatic rings. The molecule has 26 heavy (non-hydrogen) atoms.